The lowest BCUT2D eigenvalue weighted by Crippen LogP contribution is -2.23. The van der Waals surface area contributed by atoms with Gasteiger partial charge in [-0.15, -0.1) is 0 Å². The van der Waals surface area contributed by atoms with Crippen LogP contribution in [0.5, 0.6) is 17.2 Å². The van der Waals surface area contributed by atoms with Gasteiger partial charge in [-0.1, -0.05) is 42.5 Å². The maximum absolute atomic E-state index is 13.0. The predicted molar refractivity (Wildman–Crippen MR) is 147 cm³/mol. The molecular weight excluding hydrogens is 474 g/mol. The summed E-state index contributed by atoms with van der Waals surface area (Å²) in [7, 11) is 3.04. The van der Waals surface area contributed by atoms with Gasteiger partial charge in [0.2, 0.25) is 0 Å². The largest absolute Gasteiger partial charge is 0.493 e. The number of ether oxygens (including phenoxy) is 3. The van der Waals surface area contributed by atoms with Gasteiger partial charge in [0.15, 0.2) is 16.6 Å². The number of anilines is 1. The van der Waals surface area contributed by atoms with Crippen LogP contribution in [-0.2, 0) is 0 Å². The minimum absolute atomic E-state index is 0.324. The van der Waals surface area contributed by atoms with Gasteiger partial charge in [0, 0.05) is 11.3 Å². The second-order valence-corrected chi connectivity index (χ2v) is 8.26. The predicted octanol–water partition coefficient (Wildman–Crippen LogP) is 5.71. The van der Waals surface area contributed by atoms with Crippen molar-refractivity contribution >= 4 is 46.0 Å². The smallest absolute Gasteiger partial charge is 0.343 e. The maximum Gasteiger partial charge on any atom is 0.343 e. The first-order valence-electron chi connectivity index (χ1n) is 11.1. The molecule has 0 saturated heterocycles. The number of methoxy groups -OCH3 is 2. The molecule has 4 aromatic carbocycles. The lowest BCUT2D eigenvalue weighted by molar-refractivity contribution is 0.0734. The summed E-state index contributed by atoms with van der Waals surface area (Å²) in [6, 6.07) is 24.1. The van der Waals surface area contributed by atoms with Gasteiger partial charge < -0.3 is 19.5 Å². The number of esters is 1. The molecular formula is C28H25N3O4S. The van der Waals surface area contributed by atoms with Crippen molar-refractivity contribution in [3.8, 4) is 17.2 Å². The van der Waals surface area contributed by atoms with Crippen molar-refractivity contribution in [3.63, 3.8) is 0 Å². The van der Waals surface area contributed by atoms with E-state index in [-0.39, 0.29) is 0 Å². The zero-order valence-electron chi connectivity index (χ0n) is 20.1. The topological polar surface area (TPSA) is 81.2 Å². The Balaban J connectivity index is 1.57. The van der Waals surface area contributed by atoms with Gasteiger partial charge in [0.1, 0.15) is 5.75 Å². The third kappa shape index (κ3) is 5.79. The van der Waals surface area contributed by atoms with Crippen LogP contribution in [0.4, 0.5) is 5.69 Å². The van der Waals surface area contributed by atoms with Crippen LogP contribution < -0.4 is 25.0 Å². The minimum atomic E-state index is -0.537. The zero-order valence-corrected chi connectivity index (χ0v) is 20.9. The summed E-state index contributed by atoms with van der Waals surface area (Å²) in [5.74, 6) is 0.780. The molecule has 0 aromatic heterocycles. The molecule has 0 amide bonds. The van der Waals surface area contributed by atoms with Crippen molar-refractivity contribution < 1.29 is 19.0 Å². The van der Waals surface area contributed by atoms with Gasteiger partial charge in [0.05, 0.1) is 26.0 Å². The summed E-state index contributed by atoms with van der Waals surface area (Å²) >= 11 is 5.36. The molecule has 0 aliphatic carbocycles. The lowest BCUT2D eigenvalue weighted by atomic mass is 10.0. The maximum atomic E-state index is 13.0. The van der Waals surface area contributed by atoms with Gasteiger partial charge in [-0.05, 0) is 71.9 Å². The molecule has 0 saturated carbocycles. The van der Waals surface area contributed by atoms with Crippen LogP contribution in [0.3, 0.4) is 0 Å². The molecule has 36 heavy (non-hydrogen) atoms. The number of aryl methyl sites for hydroxylation is 1. The first-order chi connectivity index (χ1) is 17.5. The second kappa shape index (κ2) is 11.3. The molecule has 182 valence electrons. The van der Waals surface area contributed by atoms with Crippen molar-refractivity contribution in [1.82, 2.24) is 5.43 Å². The van der Waals surface area contributed by atoms with E-state index < -0.39 is 5.97 Å². The average Bonchev–Trinajstić information content (AvgIpc) is 2.89. The summed E-state index contributed by atoms with van der Waals surface area (Å²) in [4.78, 5) is 13.0. The third-order valence-corrected chi connectivity index (χ3v) is 5.58. The van der Waals surface area contributed by atoms with Gasteiger partial charge >= 0.3 is 5.97 Å². The van der Waals surface area contributed by atoms with Crippen LogP contribution in [0.25, 0.3) is 10.8 Å². The fourth-order valence-electron chi connectivity index (χ4n) is 3.66. The molecule has 0 aliphatic heterocycles. The van der Waals surface area contributed by atoms with Crippen molar-refractivity contribution in [2.75, 3.05) is 19.5 Å². The summed E-state index contributed by atoms with van der Waals surface area (Å²) in [5, 5.41) is 9.57. The van der Waals surface area contributed by atoms with E-state index in [4.69, 9.17) is 26.4 Å². The van der Waals surface area contributed by atoms with Crippen molar-refractivity contribution in [2.24, 2.45) is 5.10 Å². The number of nitrogens with zero attached hydrogens (tertiary/aromatic N) is 1. The highest BCUT2D eigenvalue weighted by Crippen LogP contribution is 2.30. The molecule has 0 atom stereocenters. The molecule has 0 heterocycles. The monoisotopic (exact) mass is 499 g/mol. The lowest BCUT2D eigenvalue weighted by Gasteiger charge is -2.12. The van der Waals surface area contributed by atoms with Crippen LogP contribution in [0.2, 0.25) is 0 Å². The number of carbonyl (C=O) groups is 1. The molecule has 2 N–H and O–H groups in total. The summed E-state index contributed by atoms with van der Waals surface area (Å²) in [6.07, 6.45) is 1.59. The Labute approximate surface area is 214 Å². The Hall–Kier alpha value is -4.43. The van der Waals surface area contributed by atoms with Gasteiger partial charge in [-0.2, -0.15) is 5.10 Å². The van der Waals surface area contributed by atoms with E-state index >= 15 is 0 Å². The van der Waals surface area contributed by atoms with E-state index in [9.17, 15) is 4.79 Å². The summed E-state index contributed by atoms with van der Waals surface area (Å²) in [5.41, 5.74) is 5.75. The van der Waals surface area contributed by atoms with Crippen molar-refractivity contribution in [1.29, 1.82) is 0 Å². The van der Waals surface area contributed by atoms with E-state index in [1.54, 1.807) is 30.5 Å². The number of thiocarbonyl (C=S) groups is 1. The first kappa shape index (κ1) is 24.7. The molecule has 0 aliphatic rings. The highest BCUT2D eigenvalue weighted by Gasteiger charge is 2.16. The number of rotatable bonds is 7. The van der Waals surface area contributed by atoms with Crippen molar-refractivity contribution in [3.05, 3.63) is 95.6 Å². The Morgan fingerprint density at radius 1 is 0.889 bits per heavy atom. The van der Waals surface area contributed by atoms with E-state index in [1.165, 1.54) is 14.2 Å². The molecule has 0 radical (unpaired) electrons. The highest BCUT2D eigenvalue weighted by atomic mass is 32.1. The fourth-order valence-corrected chi connectivity index (χ4v) is 3.83. The highest BCUT2D eigenvalue weighted by molar-refractivity contribution is 7.80. The van der Waals surface area contributed by atoms with E-state index in [0.29, 0.717) is 33.5 Å². The van der Waals surface area contributed by atoms with Crippen LogP contribution in [0.1, 0.15) is 21.5 Å². The number of hydrogen-bond acceptors (Lipinski definition) is 6. The Morgan fingerprint density at radius 2 is 1.67 bits per heavy atom. The first-order valence-corrected chi connectivity index (χ1v) is 11.5. The van der Waals surface area contributed by atoms with E-state index in [0.717, 1.165) is 22.0 Å². The Bertz CT molecular complexity index is 1450. The summed E-state index contributed by atoms with van der Waals surface area (Å²) in [6.45, 7) is 2.01. The fraction of sp³-hybridized carbons (Fsp3) is 0.107. The molecule has 0 fully saturated rings. The number of hydrogen-bond donors (Lipinski definition) is 2. The molecule has 0 spiro atoms. The van der Waals surface area contributed by atoms with Crippen LogP contribution in [-0.4, -0.2) is 31.5 Å². The quantitative estimate of drug-likeness (QED) is 0.111. The Kier molecular flexibility index (Phi) is 7.77. The van der Waals surface area contributed by atoms with Crippen LogP contribution in [0, 0.1) is 6.92 Å². The molecule has 0 unspecified atom stereocenters. The molecule has 4 rings (SSSR count). The number of benzene rings is 4. The summed E-state index contributed by atoms with van der Waals surface area (Å²) < 4.78 is 16.3. The zero-order chi connectivity index (χ0) is 25.5. The normalized spacial score (nSPS) is 10.8. The van der Waals surface area contributed by atoms with Gasteiger partial charge in [-0.25, -0.2) is 4.79 Å². The molecule has 4 aromatic rings. The van der Waals surface area contributed by atoms with E-state index in [2.05, 4.69) is 15.8 Å². The van der Waals surface area contributed by atoms with Crippen LogP contribution in [0.15, 0.2) is 84.0 Å². The van der Waals surface area contributed by atoms with Gasteiger partial charge in [-0.3, -0.25) is 5.43 Å². The number of carbonyl (C=O) groups excluding carboxylic acids is 1. The molecule has 0 bridgehead atoms. The van der Waals surface area contributed by atoms with Crippen LogP contribution >= 0.6 is 12.2 Å². The molecule has 8 heteroatoms. The molecule has 7 nitrogen and oxygen atoms in total. The second-order valence-electron chi connectivity index (χ2n) is 7.85. The number of fused-ring (bicyclic) bond motifs is 1. The standard InChI is InChI=1S/C28H25N3O4S/c1-18-7-6-9-21(15-18)30-28(36)31-29-17-23-22-10-5-4-8-19(22)11-13-24(23)35-27(32)20-12-14-25(33-2)26(16-20)34-3/h4-17H,1-3H3,(H2,30,31,36)/b29-17-. The number of nitrogens with one attached hydrogen (secondary N) is 2. The third-order valence-electron chi connectivity index (χ3n) is 5.39. The Morgan fingerprint density at radius 3 is 2.44 bits per heavy atom. The average molecular weight is 500 g/mol. The minimum Gasteiger partial charge on any atom is -0.493 e. The number of hydrazone groups is 1. The van der Waals surface area contributed by atoms with E-state index in [1.807, 2.05) is 61.5 Å². The van der Waals surface area contributed by atoms with Gasteiger partial charge in [0.25, 0.3) is 0 Å². The van der Waals surface area contributed by atoms with Crippen molar-refractivity contribution in [2.45, 2.75) is 6.92 Å². The SMILES string of the molecule is COc1ccc(C(=O)Oc2ccc3ccccc3c2/C=N\NC(=S)Nc2cccc(C)c2)cc1OC.